The predicted octanol–water partition coefficient (Wildman–Crippen LogP) is 1.83. The molecule has 0 aliphatic heterocycles. The van der Waals surface area contributed by atoms with Crippen LogP contribution in [0, 0.1) is 11.3 Å². The maximum absolute atomic E-state index is 10.1. The maximum Gasteiger partial charge on any atom is 0.186 e. The van der Waals surface area contributed by atoms with E-state index >= 15 is 0 Å². The summed E-state index contributed by atoms with van der Waals surface area (Å²) in [4.78, 5) is 0. The summed E-state index contributed by atoms with van der Waals surface area (Å²) in [5.74, 6) is 0. The fourth-order valence-electron chi connectivity index (χ4n) is 2.33. The highest BCUT2D eigenvalue weighted by atomic mass is 16.3. The van der Waals surface area contributed by atoms with Gasteiger partial charge in [-0.2, -0.15) is 5.26 Å². The molecule has 5 nitrogen and oxygen atoms in total. The summed E-state index contributed by atoms with van der Waals surface area (Å²) in [6.45, 7) is 0.442. The van der Waals surface area contributed by atoms with Crippen LogP contribution in [0.3, 0.4) is 0 Å². The Labute approximate surface area is 110 Å². The molecule has 0 saturated heterocycles. The molecule has 1 fully saturated rings. The molecule has 0 atom stereocenters. The molecule has 0 bridgehead atoms. The van der Waals surface area contributed by atoms with Gasteiger partial charge in [0.1, 0.15) is 6.07 Å². The van der Waals surface area contributed by atoms with Crippen molar-refractivity contribution in [2.75, 3.05) is 11.9 Å². The van der Waals surface area contributed by atoms with Gasteiger partial charge in [0.15, 0.2) is 5.69 Å². The van der Waals surface area contributed by atoms with Crippen molar-refractivity contribution >= 4 is 16.6 Å². The van der Waals surface area contributed by atoms with Crippen LogP contribution in [-0.2, 0) is 0 Å². The average molecular weight is 254 g/mol. The first-order chi connectivity index (χ1) is 9.22. The Morgan fingerprint density at radius 3 is 2.79 bits per heavy atom. The van der Waals surface area contributed by atoms with Gasteiger partial charge in [-0.3, -0.25) is 0 Å². The number of nitriles is 1. The third-order valence-electron chi connectivity index (χ3n) is 3.65. The van der Waals surface area contributed by atoms with Crippen LogP contribution in [0.4, 0.5) is 5.69 Å². The summed E-state index contributed by atoms with van der Waals surface area (Å²) in [6.07, 6.45) is 2.66. The van der Waals surface area contributed by atoms with E-state index in [2.05, 4.69) is 15.5 Å². The van der Waals surface area contributed by atoms with Crippen molar-refractivity contribution in [3.8, 4) is 6.07 Å². The molecule has 1 aliphatic carbocycles. The molecule has 2 N–H and O–H groups in total. The number of benzene rings is 1. The Morgan fingerprint density at radius 1 is 1.32 bits per heavy atom. The van der Waals surface area contributed by atoms with Crippen LogP contribution >= 0.6 is 0 Å². The van der Waals surface area contributed by atoms with Gasteiger partial charge in [-0.25, -0.2) is 0 Å². The van der Waals surface area contributed by atoms with Gasteiger partial charge in [-0.05, 0) is 25.3 Å². The van der Waals surface area contributed by atoms with E-state index in [4.69, 9.17) is 5.26 Å². The van der Waals surface area contributed by atoms with Crippen molar-refractivity contribution in [2.24, 2.45) is 0 Å². The molecule has 1 aromatic carbocycles. The molecule has 5 heteroatoms. The van der Waals surface area contributed by atoms with Crippen molar-refractivity contribution in [1.82, 2.24) is 10.2 Å². The Balaban J connectivity index is 1.98. The molecular formula is C14H14N4O. The van der Waals surface area contributed by atoms with Gasteiger partial charge in [0, 0.05) is 11.9 Å². The number of aliphatic hydroxyl groups is 1. The van der Waals surface area contributed by atoms with Gasteiger partial charge in [-0.15, -0.1) is 10.2 Å². The molecule has 2 aromatic rings. The first-order valence-corrected chi connectivity index (χ1v) is 6.34. The summed E-state index contributed by atoms with van der Waals surface area (Å²) in [5, 5.41) is 31.2. The lowest BCUT2D eigenvalue weighted by atomic mass is 9.80. The number of fused-ring (bicyclic) bond motifs is 1. The predicted molar refractivity (Wildman–Crippen MR) is 71.5 cm³/mol. The van der Waals surface area contributed by atoms with Gasteiger partial charge in [0.05, 0.1) is 16.8 Å². The van der Waals surface area contributed by atoms with E-state index in [9.17, 15) is 5.11 Å². The molecule has 0 spiro atoms. The lowest BCUT2D eigenvalue weighted by Gasteiger charge is -2.37. The number of aromatic nitrogens is 2. The Hall–Kier alpha value is -2.19. The zero-order chi connectivity index (χ0) is 13.3. The molecule has 96 valence electrons. The smallest absolute Gasteiger partial charge is 0.186 e. The number of hydrogen-bond donors (Lipinski definition) is 2. The summed E-state index contributed by atoms with van der Waals surface area (Å²) >= 11 is 0. The normalized spacial score (nSPS) is 16.6. The van der Waals surface area contributed by atoms with E-state index in [-0.39, 0.29) is 5.69 Å². The van der Waals surface area contributed by atoms with Crippen LogP contribution in [0.25, 0.3) is 10.9 Å². The number of rotatable bonds is 3. The van der Waals surface area contributed by atoms with E-state index in [0.717, 1.165) is 30.2 Å². The van der Waals surface area contributed by atoms with Crippen LogP contribution in [0.1, 0.15) is 25.0 Å². The SMILES string of the molecule is N#Cc1nnc2ccccc2c1NCC1(O)CCC1. The molecule has 0 radical (unpaired) electrons. The van der Waals surface area contributed by atoms with Crippen LogP contribution < -0.4 is 5.32 Å². The molecule has 0 amide bonds. The van der Waals surface area contributed by atoms with Crippen LogP contribution in [-0.4, -0.2) is 27.4 Å². The number of nitrogens with one attached hydrogen (secondary N) is 1. The zero-order valence-electron chi connectivity index (χ0n) is 10.4. The average Bonchev–Trinajstić information content (AvgIpc) is 2.42. The molecule has 0 unspecified atom stereocenters. The minimum Gasteiger partial charge on any atom is -0.388 e. The maximum atomic E-state index is 10.1. The second-order valence-corrected chi connectivity index (χ2v) is 4.98. The monoisotopic (exact) mass is 254 g/mol. The highest BCUT2D eigenvalue weighted by Crippen LogP contribution is 2.32. The summed E-state index contributed by atoms with van der Waals surface area (Å²) in [6, 6.07) is 9.58. The van der Waals surface area contributed by atoms with Gasteiger partial charge < -0.3 is 10.4 Å². The van der Waals surface area contributed by atoms with Crippen molar-refractivity contribution in [1.29, 1.82) is 5.26 Å². The topological polar surface area (TPSA) is 81.8 Å². The molecule has 1 aliphatic rings. The van der Waals surface area contributed by atoms with Gasteiger partial charge in [0.2, 0.25) is 0 Å². The van der Waals surface area contributed by atoms with Gasteiger partial charge in [-0.1, -0.05) is 18.2 Å². The highest BCUT2D eigenvalue weighted by Gasteiger charge is 2.34. The lowest BCUT2D eigenvalue weighted by molar-refractivity contribution is -0.0201. The van der Waals surface area contributed by atoms with E-state index < -0.39 is 5.60 Å². The van der Waals surface area contributed by atoms with Crippen molar-refractivity contribution in [2.45, 2.75) is 24.9 Å². The quantitative estimate of drug-likeness (QED) is 0.873. The fourth-order valence-corrected chi connectivity index (χ4v) is 2.33. The first-order valence-electron chi connectivity index (χ1n) is 6.34. The number of hydrogen-bond acceptors (Lipinski definition) is 5. The third-order valence-corrected chi connectivity index (χ3v) is 3.65. The minimum absolute atomic E-state index is 0.265. The fraction of sp³-hybridized carbons (Fsp3) is 0.357. The Morgan fingerprint density at radius 2 is 2.11 bits per heavy atom. The van der Waals surface area contributed by atoms with E-state index in [1.54, 1.807) is 0 Å². The number of anilines is 1. The zero-order valence-corrected chi connectivity index (χ0v) is 10.4. The Kier molecular flexibility index (Phi) is 2.80. The standard InChI is InChI=1S/C14H14N4O/c15-8-12-13(16-9-14(19)6-3-7-14)10-4-1-2-5-11(10)17-18-12/h1-2,4-5,19H,3,6-7,9H2,(H,16,17). The van der Waals surface area contributed by atoms with E-state index in [0.29, 0.717) is 12.2 Å². The summed E-state index contributed by atoms with van der Waals surface area (Å²) in [7, 11) is 0. The molecule has 3 rings (SSSR count). The summed E-state index contributed by atoms with van der Waals surface area (Å²) in [5.41, 5.74) is 1.02. The van der Waals surface area contributed by atoms with Crippen molar-refractivity contribution in [3.63, 3.8) is 0 Å². The van der Waals surface area contributed by atoms with Gasteiger partial charge in [0.25, 0.3) is 0 Å². The summed E-state index contributed by atoms with van der Waals surface area (Å²) < 4.78 is 0. The molecular weight excluding hydrogens is 240 g/mol. The van der Waals surface area contributed by atoms with Crippen molar-refractivity contribution < 1.29 is 5.11 Å². The molecule has 1 heterocycles. The highest BCUT2D eigenvalue weighted by molar-refractivity contribution is 5.92. The largest absolute Gasteiger partial charge is 0.388 e. The Bertz CT molecular complexity index is 658. The second-order valence-electron chi connectivity index (χ2n) is 4.98. The molecule has 1 aromatic heterocycles. The molecule has 19 heavy (non-hydrogen) atoms. The van der Waals surface area contributed by atoms with Crippen LogP contribution in [0.15, 0.2) is 24.3 Å². The molecule has 1 saturated carbocycles. The van der Waals surface area contributed by atoms with E-state index in [1.165, 1.54) is 0 Å². The van der Waals surface area contributed by atoms with Crippen molar-refractivity contribution in [3.05, 3.63) is 30.0 Å². The first kappa shape index (κ1) is 11.9. The minimum atomic E-state index is -0.642. The van der Waals surface area contributed by atoms with E-state index in [1.807, 2.05) is 30.3 Å². The van der Waals surface area contributed by atoms with Gasteiger partial charge >= 0.3 is 0 Å². The van der Waals surface area contributed by atoms with Crippen LogP contribution in [0.5, 0.6) is 0 Å². The second kappa shape index (κ2) is 4.48. The lowest BCUT2D eigenvalue weighted by Crippen LogP contribution is -2.43. The number of nitrogens with zero attached hydrogens (tertiary/aromatic N) is 3. The van der Waals surface area contributed by atoms with Crippen LogP contribution in [0.2, 0.25) is 0 Å². The third kappa shape index (κ3) is 2.11.